The van der Waals surface area contributed by atoms with Crippen molar-refractivity contribution in [3.05, 3.63) is 24.5 Å². The van der Waals surface area contributed by atoms with E-state index in [1.807, 2.05) is 0 Å². The number of fused-ring (bicyclic) bond motifs is 1. The van der Waals surface area contributed by atoms with Crippen molar-refractivity contribution in [3.8, 4) is 11.1 Å². The molecule has 9 heteroatoms. The third-order valence-corrected chi connectivity index (χ3v) is 4.51. The maximum absolute atomic E-state index is 12.1. The smallest absolute Gasteiger partial charge is 0.221 e. The zero-order chi connectivity index (χ0) is 16.1. The number of hydrogen-bond acceptors (Lipinski definition) is 7. The number of nitrogens with zero attached hydrogens (tertiary/aromatic N) is 4. The summed E-state index contributed by atoms with van der Waals surface area (Å²) in [4.78, 5) is 7.93. The molecule has 0 saturated carbocycles. The van der Waals surface area contributed by atoms with Crippen LogP contribution < -0.4 is 11.5 Å². The molecule has 4 N–H and O–H groups in total. The van der Waals surface area contributed by atoms with Crippen molar-refractivity contribution in [1.82, 2.24) is 19.7 Å². The minimum atomic E-state index is -3.48. The topological polar surface area (TPSA) is 130 Å². The highest BCUT2D eigenvalue weighted by atomic mass is 32.2. The lowest BCUT2D eigenvalue weighted by Crippen LogP contribution is -2.05. The van der Waals surface area contributed by atoms with Crippen LogP contribution >= 0.6 is 0 Å². The van der Waals surface area contributed by atoms with Crippen molar-refractivity contribution in [3.63, 3.8) is 0 Å². The van der Waals surface area contributed by atoms with Crippen LogP contribution in [0.5, 0.6) is 0 Å². The Morgan fingerprint density at radius 2 is 1.86 bits per heavy atom. The first-order chi connectivity index (χ1) is 10.3. The summed E-state index contributed by atoms with van der Waals surface area (Å²) in [6.07, 6.45) is 4.21. The van der Waals surface area contributed by atoms with Crippen molar-refractivity contribution in [2.24, 2.45) is 7.05 Å². The van der Waals surface area contributed by atoms with Crippen LogP contribution in [0.2, 0.25) is 0 Å². The second kappa shape index (κ2) is 4.67. The number of anilines is 2. The Balaban J connectivity index is 2.41. The van der Waals surface area contributed by atoms with Gasteiger partial charge >= 0.3 is 0 Å². The Bertz CT molecular complexity index is 993. The quantitative estimate of drug-likeness (QED) is 0.707. The summed E-state index contributed by atoms with van der Waals surface area (Å²) in [6.45, 7) is 0. The molecule has 0 aliphatic rings. The van der Waals surface area contributed by atoms with Gasteiger partial charge in [0.1, 0.15) is 5.82 Å². The molecule has 1 aromatic carbocycles. The number of sulfone groups is 1. The number of benzene rings is 1. The van der Waals surface area contributed by atoms with E-state index in [0.717, 1.165) is 11.6 Å². The molecule has 0 aliphatic carbocycles. The third-order valence-electron chi connectivity index (χ3n) is 3.37. The normalized spacial score (nSPS) is 11.9. The van der Waals surface area contributed by atoms with Crippen molar-refractivity contribution in [1.29, 1.82) is 0 Å². The lowest BCUT2D eigenvalue weighted by molar-refractivity contribution is 0.602. The molecule has 0 radical (unpaired) electrons. The zero-order valence-corrected chi connectivity index (χ0v) is 12.8. The van der Waals surface area contributed by atoms with Gasteiger partial charge in [-0.15, -0.1) is 0 Å². The predicted octanol–water partition coefficient (Wildman–Crippen LogP) is 0.598. The summed E-state index contributed by atoms with van der Waals surface area (Å²) < 4.78 is 25.9. The van der Waals surface area contributed by atoms with Gasteiger partial charge in [0.2, 0.25) is 5.95 Å². The number of rotatable bonds is 2. The summed E-state index contributed by atoms with van der Waals surface area (Å²) in [5.41, 5.74) is 12.9. The highest BCUT2D eigenvalue weighted by Gasteiger charge is 2.19. The van der Waals surface area contributed by atoms with E-state index in [2.05, 4.69) is 15.1 Å². The maximum atomic E-state index is 12.1. The van der Waals surface area contributed by atoms with Crippen LogP contribution in [-0.2, 0) is 16.9 Å². The number of aryl methyl sites for hydroxylation is 1. The number of nitrogens with two attached hydrogens (primary N) is 2. The van der Waals surface area contributed by atoms with E-state index in [1.54, 1.807) is 30.1 Å². The minimum absolute atomic E-state index is 0.0320. The van der Waals surface area contributed by atoms with Gasteiger partial charge in [-0.1, -0.05) is 0 Å². The van der Waals surface area contributed by atoms with Crippen LogP contribution in [0.3, 0.4) is 0 Å². The molecular weight excluding hydrogens is 304 g/mol. The Morgan fingerprint density at radius 3 is 2.50 bits per heavy atom. The molecular formula is C13H14N6O2S. The number of nitrogen functional groups attached to an aromatic ring is 2. The van der Waals surface area contributed by atoms with E-state index in [-0.39, 0.29) is 16.7 Å². The SMILES string of the molecule is Cn1ncc2cc(-c3cnc(N)nc3N)c(S(C)(=O)=O)cc21. The summed E-state index contributed by atoms with van der Waals surface area (Å²) >= 11 is 0. The predicted molar refractivity (Wildman–Crippen MR) is 83.7 cm³/mol. The molecule has 2 heterocycles. The Labute approximate surface area is 126 Å². The van der Waals surface area contributed by atoms with Crippen LogP contribution in [0, 0.1) is 0 Å². The van der Waals surface area contributed by atoms with Crippen molar-refractivity contribution >= 4 is 32.5 Å². The molecule has 0 fully saturated rings. The summed E-state index contributed by atoms with van der Waals surface area (Å²) in [5, 5.41) is 4.92. The first kappa shape index (κ1) is 14.3. The second-order valence-corrected chi connectivity index (χ2v) is 6.96. The van der Waals surface area contributed by atoms with E-state index in [9.17, 15) is 8.42 Å². The fraction of sp³-hybridized carbons (Fsp3) is 0.154. The molecule has 0 unspecified atom stereocenters. The van der Waals surface area contributed by atoms with Gasteiger partial charge in [-0.25, -0.2) is 13.4 Å². The minimum Gasteiger partial charge on any atom is -0.383 e. The van der Waals surface area contributed by atoms with Crippen molar-refractivity contribution < 1.29 is 8.42 Å². The maximum Gasteiger partial charge on any atom is 0.221 e. The van der Waals surface area contributed by atoms with Gasteiger partial charge in [-0.2, -0.15) is 10.1 Å². The van der Waals surface area contributed by atoms with Crippen LogP contribution in [0.25, 0.3) is 22.0 Å². The second-order valence-electron chi connectivity index (χ2n) is 4.97. The average Bonchev–Trinajstić information content (AvgIpc) is 2.78. The molecule has 3 aromatic rings. The molecule has 3 rings (SSSR count). The molecule has 0 aliphatic heterocycles. The molecule has 2 aromatic heterocycles. The van der Waals surface area contributed by atoms with Gasteiger partial charge in [0.15, 0.2) is 9.84 Å². The van der Waals surface area contributed by atoms with Gasteiger partial charge in [0.25, 0.3) is 0 Å². The first-order valence-corrected chi connectivity index (χ1v) is 8.20. The summed E-state index contributed by atoms with van der Waals surface area (Å²) in [6, 6.07) is 3.28. The van der Waals surface area contributed by atoms with Crippen molar-refractivity contribution in [2.75, 3.05) is 17.7 Å². The van der Waals surface area contributed by atoms with Gasteiger partial charge < -0.3 is 11.5 Å². The van der Waals surface area contributed by atoms with Gasteiger partial charge in [-0.05, 0) is 12.1 Å². The first-order valence-electron chi connectivity index (χ1n) is 6.31. The third kappa shape index (κ3) is 2.25. The molecule has 0 bridgehead atoms. The largest absolute Gasteiger partial charge is 0.383 e. The van der Waals surface area contributed by atoms with Crippen LogP contribution in [-0.4, -0.2) is 34.4 Å². The van der Waals surface area contributed by atoms with Crippen LogP contribution in [0.1, 0.15) is 0 Å². The van der Waals surface area contributed by atoms with Crippen LogP contribution in [0.4, 0.5) is 11.8 Å². The standard InChI is InChI=1S/C13H14N6O2S/c1-19-10-4-11(22(2,20)21)8(3-7(10)5-17-19)9-6-16-13(15)18-12(9)14/h3-6H,1-2H3,(H4,14,15,16,18). The molecule has 8 nitrogen and oxygen atoms in total. The van der Waals surface area contributed by atoms with Crippen molar-refractivity contribution in [2.45, 2.75) is 4.90 Å². The molecule has 22 heavy (non-hydrogen) atoms. The Kier molecular flexibility index (Phi) is 3.03. The molecule has 0 saturated heterocycles. The van der Waals surface area contributed by atoms with E-state index in [1.165, 1.54) is 6.20 Å². The highest BCUT2D eigenvalue weighted by molar-refractivity contribution is 7.90. The van der Waals surface area contributed by atoms with Gasteiger partial charge in [0.05, 0.1) is 16.6 Å². The Hall–Kier alpha value is -2.68. The zero-order valence-electron chi connectivity index (χ0n) is 12.0. The van der Waals surface area contributed by atoms with Gasteiger partial charge in [0, 0.05) is 36.0 Å². The lowest BCUT2D eigenvalue weighted by Gasteiger charge is -2.11. The molecule has 0 spiro atoms. The monoisotopic (exact) mass is 318 g/mol. The summed E-state index contributed by atoms with van der Waals surface area (Å²) in [5.74, 6) is 0.158. The fourth-order valence-electron chi connectivity index (χ4n) is 2.31. The average molecular weight is 318 g/mol. The molecule has 114 valence electrons. The fourth-order valence-corrected chi connectivity index (χ4v) is 3.21. The van der Waals surface area contributed by atoms with E-state index >= 15 is 0 Å². The molecule has 0 amide bonds. The number of aromatic nitrogens is 4. The van der Waals surface area contributed by atoms with Gasteiger partial charge in [-0.3, -0.25) is 4.68 Å². The Morgan fingerprint density at radius 1 is 1.14 bits per heavy atom. The van der Waals surface area contributed by atoms with E-state index in [0.29, 0.717) is 16.6 Å². The molecule has 0 atom stereocenters. The van der Waals surface area contributed by atoms with E-state index < -0.39 is 9.84 Å². The van der Waals surface area contributed by atoms with E-state index in [4.69, 9.17) is 11.5 Å². The van der Waals surface area contributed by atoms with Crippen LogP contribution in [0.15, 0.2) is 29.4 Å². The number of hydrogen-bond donors (Lipinski definition) is 2. The summed E-state index contributed by atoms with van der Waals surface area (Å²) in [7, 11) is -1.73. The lowest BCUT2D eigenvalue weighted by atomic mass is 10.1. The highest BCUT2D eigenvalue weighted by Crippen LogP contribution is 2.33.